The van der Waals surface area contributed by atoms with Crippen LogP contribution in [0.2, 0.25) is 4.34 Å². The summed E-state index contributed by atoms with van der Waals surface area (Å²) < 4.78 is 7.79. The zero-order valence-electron chi connectivity index (χ0n) is 15.5. The number of rotatable bonds is 4. The highest BCUT2D eigenvalue weighted by molar-refractivity contribution is 7.21. The molecule has 3 aromatic heterocycles. The topological polar surface area (TPSA) is 49.6 Å². The molecule has 0 aliphatic carbocycles. The summed E-state index contributed by atoms with van der Waals surface area (Å²) in [5.41, 5.74) is 0.944. The van der Waals surface area contributed by atoms with Crippen LogP contribution in [0.4, 0.5) is 0 Å². The predicted octanol–water partition coefficient (Wildman–Crippen LogP) is 5.23. The molecule has 1 saturated heterocycles. The molecule has 29 heavy (non-hydrogen) atoms. The molecule has 0 radical (unpaired) electrons. The molecule has 5 nitrogen and oxygen atoms in total. The van der Waals surface area contributed by atoms with Crippen molar-refractivity contribution in [3.05, 3.63) is 63.5 Å². The van der Waals surface area contributed by atoms with Gasteiger partial charge in [0.15, 0.2) is 16.5 Å². The maximum absolute atomic E-state index is 12.9. The highest BCUT2D eigenvalue weighted by Crippen LogP contribution is 2.31. The lowest BCUT2D eigenvalue weighted by Gasteiger charge is -2.34. The summed E-state index contributed by atoms with van der Waals surface area (Å²) in [7, 11) is 0. The largest absolute Gasteiger partial charge is 0.448 e. The highest BCUT2D eigenvalue weighted by Gasteiger charge is 2.25. The number of amides is 1. The highest BCUT2D eigenvalue weighted by atomic mass is 35.5. The second-order valence-electron chi connectivity index (χ2n) is 6.92. The lowest BCUT2D eigenvalue weighted by Crippen LogP contribution is -2.48. The van der Waals surface area contributed by atoms with Gasteiger partial charge in [0.05, 0.1) is 14.6 Å². The third-order valence-corrected chi connectivity index (χ3v) is 7.26. The zero-order valence-corrected chi connectivity index (χ0v) is 17.9. The van der Waals surface area contributed by atoms with Crippen molar-refractivity contribution in [1.29, 1.82) is 0 Å². The number of benzene rings is 1. The van der Waals surface area contributed by atoms with Gasteiger partial charge in [-0.05, 0) is 36.4 Å². The summed E-state index contributed by atoms with van der Waals surface area (Å²) >= 11 is 9.19. The van der Waals surface area contributed by atoms with Crippen molar-refractivity contribution in [2.45, 2.75) is 6.54 Å². The van der Waals surface area contributed by atoms with Gasteiger partial charge in [-0.2, -0.15) is 0 Å². The number of carbonyl (C=O) groups excluding carboxylic acids is 1. The van der Waals surface area contributed by atoms with Crippen LogP contribution in [-0.2, 0) is 6.54 Å². The van der Waals surface area contributed by atoms with Gasteiger partial charge in [-0.15, -0.1) is 22.7 Å². The van der Waals surface area contributed by atoms with E-state index in [0.29, 0.717) is 24.6 Å². The van der Waals surface area contributed by atoms with E-state index in [1.165, 1.54) is 4.88 Å². The molecular weight excluding hydrogens is 426 g/mol. The van der Waals surface area contributed by atoms with Crippen LogP contribution in [0.3, 0.4) is 0 Å². The first kappa shape index (κ1) is 18.8. The molecule has 148 valence electrons. The van der Waals surface area contributed by atoms with Crippen LogP contribution in [-0.4, -0.2) is 46.9 Å². The summed E-state index contributed by atoms with van der Waals surface area (Å²) in [5.74, 6) is 0.955. The number of fused-ring (bicyclic) bond motifs is 1. The Morgan fingerprint density at radius 3 is 2.62 bits per heavy atom. The summed E-state index contributed by atoms with van der Waals surface area (Å²) in [5, 5.41) is 0.796. The van der Waals surface area contributed by atoms with Crippen LogP contribution in [0.25, 0.3) is 21.0 Å². The van der Waals surface area contributed by atoms with Crippen LogP contribution < -0.4 is 0 Å². The average Bonchev–Trinajstić information content (AvgIpc) is 3.47. The fraction of sp³-hybridized carbons (Fsp3) is 0.238. The Balaban J connectivity index is 1.23. The first-order valence-corrected chi connectivity index (χ1v) is 11.4. The number of nitrogens with zero attached hydrogens (tertiary/aromatic N) is 3. The lowest BCUT2D eigenvalue weighted by atomic mass is 10.2. The van der Waals surface area contributed by atoms with E-state index in [0.717, 1.165) is 39.2 Å². The van der Waals surface area contributed by atoms with Gasteiger partial charge < -0.3 is 9.32 Å². The summed E-state index contributed by atoms with van der Waals surface area (Å²) in [6.45, 7) is 3.94. The molecular formula is C21H18ClN3O2S2. The summed E-state index contributed by atoms with van der Waals surface area (Å²) in [6, 6.07) is 15.6. The van der Waals surface area contributed by atoms with Gasteiger partial charge >= 0.3 is 0 Å². The normalized spacial score (nSPS) is 15.3. The number of piperazine rings is 1. The first-order chi connectivity index (χ1) is 14.2. The number of halogens is 1. The van der Waals surface area contributed by atoms with Crippen LogP contribution in [0.15, 0.2) is 52.9 Å². The molecule has 1 amide bonds. The smallest absolute Gasteiger partial charge is 0.289 e. The minimum atomic E-state index is -0.0591. The molecule has 0 N–H and O–H groups in total. The van der Waals surface area contributed by atoms with E-state index in [4.69, 9.17) is 16.0 Å². The van der Waals surface area contributed by atoms with Crippen LogP contribution in [0.1, 0.15) is 15.4 Å². The second-order valence-corrected chi connectivity index (χ2v) is 9.76. The predicted molar refractivity (Wildman–Crippen MR) is 118 cm³/mol. The molecule has 0 bridgehead atoms. The minimum absolute atomic E-state index is 0.0591. The van der Waals surface area contributed by atoms with E-state index in [9.17, 15) is 4.79 Å². The molecule has 1 fully saturated rings. The fourth-order valence-corrected chi connectivity index (χ4v) is 5.52. The molecule has 0 atom stereocenters. The zero-order chi connectivity index (χ0) is 19.8. The molecule has 0 spiro atoms. The van der Waals surface area contributed by atoms with Crippen LogP contribution >= 0.6 is 34.3 Å². The SMILES string of the molecule is O=C(c1ccc(-c2nc3ccccc3s2)o1)N1CCN(Cc2ccc(Cl)s2)CC1. The Labute approximate surface area is 181 Å². The van der Waals surface area contributed by atoms with E-state index >= 15 is 0 Å². The van der Waals surface area contributed by atoms with Crippen molar-refractivity contribution in [3.63, 3.8) is 0 Å². The quantitative estimate of drug-likeness (QED) is 0.433. The molecule has 1 aromatic carbocycles. The molecule has 1 aliphatic heterocycles. The average molecular weight is 444 g/mol. The van der Waals surface area contributed by atoms with Gasteiger partial charge in [0, 0.05) is 37.6 Å². The number of furan rings is 1. The van der Waals surface area contributed by atoms with Crippen LogP contribution in [0, 0.1) is 0 Å². The number of para-hydroxylation sites is 1. The lowest BCUT2D eigenvalue weighted by molar-refractivity contribution is 0.0600. The fourth-order valence-electron chi connectivity index (χ4n) is 3.47. The van der Waals surface area contributed by atoms with Gasteiger partial charge in [0.1, 0.15) is 0 Å². The molecule has 5 rings (SSSR count). The van der Waals surface area contributed by atoms with Crippen molar-refractivity contribution in [2.75, 3.05) is 26.2 Å². The summed E-state index contributed by atoms with van der Waals surface area (Å²) in [6.07, 6.45) is 0. The van der Waals surface area contributed by atoms with Gasteiger partial charge in [-0.3, -0.25) is 9.69 Å². The van der Waals surface area contributed by atoms with Crippen molar-refractivity contribution < 1.29 is 9.21 Å². The van der Waals surface area contributed by atoms with E-state index < -0.39 is 0 Å². The van der Waals surface area contributed by atoms with Crippen LogP contribution in [0.5, 0.6) is 0 Å². The van der Waals surface area contributed by atoms with E-state index in [2.05, 4.69) is 16.0 Å². The van der Waals surface area contributed by atoms with Crippen molar-refractivity contribution in [3.8, 4) is 10.8 Å². The minimum Gasteiger partial charge on any atom is -0.448 e. The maximum Gasteiger partial charge on any atom is 0.289 e. The Kier molecular flexibility index (Phi) is 5.13. The van der Waals surface area contributed by atoms with Crippen molar-refractivity contribution in [1.82, 2.24) is 14.8 Å². The van der Waals surface area contributed by atoms with Crippen molar-refractivity contribution in [2.24, 2.45) is 0 Å². The monoisotopic (exact) mass is 443 g/mol. The third kappa shape index (κ3) is 3.96. The van der Waals surface area contributed by atoms with Gasteiger partial charge in [0.25, 0.3) is 5.91 Å². The molecule has 0 saturated carbocycles. The Hall–Kier alpha value is -2.19. The standard InChI is InChI=1S/C21H18ClN3O2S2/c22-19-8-5-14(28-19)13-24-9-11-25(12-10-24)21(26)17-7-6-16(27-17)20-23-15-3-1-2-4-18(15)29-20/h1-8H,9-13H2. The second kappa shape index (κ2) is 7.91. The maximum atomic E-state index is 12.9. The molecule has 4 aromatic rings. The molecule has 1 aliphatic rings. The van der Waals surface area contributed by atoms with Crippen molar-refractivity contribution >= 4 is 50.4 Å². The van der Waals surface area contributed by atoms with Gasteiger partial charge in [-0.25, -0.2) is 4.98 Å². The summed E-state index contributed by atoms with van der Waals surface area (Å²) in [4.78, 5) is 22.9. The van der Waals surface area contributed by atoms with E-state index in [-0.39, 0.29) is 5.91 Å². The van der Waals surface area contributed by atoms with Gasteiger partial charge in [0.2, 0.25) is 0 Å². The molecule has 4 heterocycles. The number of carbonyl (C=O) groups is 1. The molecule has 8 heteroatoms. The number of aromatic nitrogens is 1. The Morgan fingerprint density at radius 1 is 1.03 bits per heavy atom. The third-order valence-electron chi connectivity index (χ3n) is 4.99. The molecule has 0 unspecified atom stereocenters. The number of thiophene rings is 1. The number of thiazole rings is 1. The van der Waals surface area contributed by atoms with E-state index in [1.54, 1.807) is 28.7 Å². The van der Waals surface area contributed by atoms with E-state index in [1.807, 2.05) is 41.3 Å². The number of hydrogen-bond donors (Lipinski definition) is 0. The van der Waals surface area contributed by atoms with Gasteiger partial charge in [-0.1, -0.05) is 23.7 Å². The number of hydrogen-bond acceptors (Lipinski definition) is 6. The first-order valence-electron chi connectivity index (χ1n) is 9.37. The Bertz CT molecular complexity index is 1120. The Morgan fingerprint density at radius 2 is 1.86 bits per heavy atom.